The van der Waals surface area contributed by atoms with E-state index in [-0.39, 0.29) is 56.1 Å². The number of likely N-dealkylation sites (tertiary alicyclic amines) is 1. The van der Waals surface area contributed by atoms with Crippen molar-refractivity contribution in [2.75, 3.05) is 37.4 Å². The molecule has 2 heterocycles. The minimum Gasteiger partial charge on any atom is -0.383 e. The summed E-state index contributed by atoms with van der Waals surface area (Å²) in [6.07, 6.45) is 0.0575. The topological polar surface area (TPSA) is 131 Å². The molecule has 1 aliphatic heterocycles. The molecule has 10 nitrogen and oxygen atoms in total. The Morgan fingerprint density at radius 1 is 1.25 bits per heavy atom. The first kappa shape index (κ1) is 23.3. The molecule has 0 aliphatic carbocycles. The molecule has 1 saturated heterocycles. The first-order valence-corrected chi connectivity index (χ1v) is 10.5. The highest BCUT2D eigenvalue weighted by Crippen LogP contribution is 2.26. The van der Waals surface area contributed by atoms with E-state index in [0.29, 0.717) is 0 Å². The summed E-state index contributed by atoms with van der Waals surface area (Å²) < 4.78 is 6.35. The third kappa shape index (κ3) is 4.75. The van der Waals surface area contributed by atoms with E-state index in [2.05, 4.69) is 4.98 Å². The number of anilines is 2. The van der Waals surface area contributed by atoms with Crippen LogP contribution >= 0.6 is 0 Å². The fraction of sp³-hybridized carbons (Fsp3) is 0.455. The molecule has 0 bridgehead atoms. The lowest BCUT2D eigenvalue weighted by Crippen LogP contribution is -2.45. The lowest BCUT2D eigenvalue weighted by atomic mass is 10.1. The van der Waals surface area contributed by atoms with Gasteiger partial charge in [0.05, 0.1) is 19.1 Å². The molecule has 1 unspecified atom stereocenters. The normalized spacial score (nSPS) is 16.1. The van der Waals surface area contributed by atoms with E-state index < -0.39 is 23.1 Å². The van der Waals surface area contributed by atoms with Crippen molar-refractivity contribution < 1.29 is 14.3 Å². The standard InChI is InChI=1S/C22H29N5O5/c1-14(2)26-13-16(11-17(26)28)21(30)25(9-10-32-3)18-19(23)27(22(31)24-20(18)29)12-15-7-5-4-6-8-15/h4-8,14,16H,9-13,23H2,1-3H3,(H,24,29,31). The zero-order chi connectivity index (χ0) is 23.4. The first-order valence-electron chi connectivity index (χ1n) is 10.5. The van der Waals surface area contributed by atoms with Crippen LogP contribution in [0.5, 0.6) is 0 Å². The number of aromatic nitrogens is 2. The van der Waals surface area contributed by atoms with Crippen LogP contribution in [0.25, 0.3) is 0 Å². The Kier molecular flexibility index (Phi) is 7.14. The van der Waals surface area contributed by atoms with Crippen molar-refractivity contribution in [2.24, 2.45) is 5.92 Å². The number of nitrogens with one attached hydrogen (secondary N) is 1. The van der Waals surface area contributed by atoms with E-state index in [1.54, 1.807) is 4.90 Å². The first-order chi connectivity index (χ1) is 15.2. The number of benzene rings is 1. The molecule has 172 valence electrons. The van der Waals surface area contributed by atoms with Gasteiger partial charge in [0.2, 0.25) is 11.8 Å². The van der Waals surface area contributed by atoms with Crippen LogP contribution in [-0.2, 0) is 20.9 Å². The number of rotatable bonds is 8. The Labute approximate surface area is 185 Å². The van der Waals surface area contributed by atoms with Crippen LogP contribution in [0, 0.1) is 5.92 Å². The number of hydrogen-bond acceptors (Lipinski definition) is 6. The summed E-state index contributed by atoms with van der Waals surface area (Å²) in [6.45, 7) is 4.37. The van der Waals surface area contributed by atoms with E-state index in [1.807, 2.05) is 44.2 Å². The van der Waals surface area contributed by atoms with Crippen LogP contribution in [0.2, 0.25) is 0 Å². The Morgan fingerprint density at radius 2 is 1.94 bits per heavy atom. The van der Waals surface area contributed by atoms with E-state index in [1.165, 1.54) is 16.6 Å². The number of aromatic amines is 1. The van der Waals surface area contributed by atoms with Gasteiger partial charge in [-0.2, -0.15) is 0 Å². The van der Waals surface area contributed by atoms with Crippen molar-refractivity contribution >= 4 is 23.3 Å². The molecule has 0 radical (unpaired) electrons. The number of carbonyl (C=O) groups excluding carboxylic acids is 2. The van der Waals surface area contributed by atoms with Gasteiger partial charge in [0.15, 0.2) is 5.69 Å². The summed E-state index contributed by atoms with van der Waals surface area (Å²) >= 11 is 0. The number of nitrogens with zero attached hydrogens (tertiary/aromatic N) is 3. The van der Waals surface area contributed by atoms with Gasteiger partial charge in [-0.3, -0.25) is 23.9 Å². The van der Waals surface area contributed by atoms with Crippen LogP contribution in [0.15, 0.2) is 39.9 Å². The van der Waals surface area contributed by atoms with Gasteiger partial charge in [-0.25, -0.2) is 4.79 Å². The lowest BCUT2D eigenvalue weighted by molar-refractivity contribution is -0.129. The third-order valence-electron chi connectivity index (χ3n) is 5.58. The van der Waals surface area contributed by atoms with Crippen LogP contribution in [0.3, 0.4) is 0 Å². The SMILES string of the molecule is COCCN(C(=O)C1CC(=O)N(C(C)C)C1)c1c(N)n(Cc2ccccc2)c(=O)[nH]c1=O. The fourth-order valence-electron chi connectivity index (χ4n) is 3.89. The van der Waals surface area contributed by atoms with Crippen molar-refractivity contribution in [2.45, 2.75) is 32.9 Å². The van der Waals surface area contributed by atoms with Crippen molar-refractivity contribution in [3.05, 3.63) is 56.7 Å². The van der Waals surface area contributed by atoms with Gasteiger partial charge in [0, 0.05) is 32.7 Å². The van der Waals surface area contributed by atoms with Crippen LogP contribution < -0.4 is 21.9 Å². The van der Waals surface area contributed by atoms with Gasteiger partial charge < -0.3 is 20.3 Å². The second kappa shape index (κ2) is 9.82. The van der Waals surface area contributed by atoms with Gasteiger partial charge in [0.1, 0.15) is 5.82 Å². The van der Waals surface area contributed by atoms with Crippen LogP contribution in [-0.4, -0.2) is 59.1 Å². The summed E-state index contributed by atoms with van der Waals surface area (Å²) in [6, 6.07) is 9.13. The maximum atomic E-state index is 13.4. The van der Waals surface area contributed by atoms with Gasteiger partial charge in [-0.15, -0.1) is 0 Å². The molecule has 1 aliphatic rings. The van der Waals surface area contributed by atoms with Crippen molar-refractivity contribution in [1.29, 1.82) is 0 Å². The van der Waals surface area contributed by atoms with E-state index in [9.17, 15) is 19.2 Å². The molecule has 1 fully saturated rings. The molecule has 1 aromatic carbocycles. The summed E-state index contributed by atoms with van der Waals surface area (Å²) in [5.41, 5.74) is 5.55. The molecule has 10 heteroatoms. The highest BCUT2D eigenvalue weighted by atomic mass is 16.5. The van der Waals surface area contributed by atoms with E-state index >= 15 is 0 Å². The predicted octanol–water partition coefficient (Wildman–Crippen LogP) is 0.403. The van der Waals surface area contributed by atoms with Crippen molar-refractivity contribution in [3.63, 3.8) is 0 Å². The molecule has 2 aromatic rings. The molecule has 3 N–H and O–H groups in total. The molecular weight excluding hydrogens is 414 g/mol. The molecule has 32 heavy (non-hydrogen) atoms. The second-order valence-electron chi connectivity index (χ2n) is 8.09. The Hall–Kier alpha value is -3.40. The largest absolute Gasteiger partial charge is 0.383 e. The zero-order valence-electron chi connectivity index (χ0n) is 18.5. The molecule has 3 rings (SSSR count). The predicted molar refractivity (Wildman–Crippen MR) is 120 cm³/mol. The number of carbonyl (C=O) groups is 2. The number of methoxy groups -OCH3 is 1. The van der Waals surface area contributed by atoms with E-state index in [0.717, 1.165) is 5.56 Å². The number of nitrogens with two attached hydrogens (primary N) is 1. The fourth-order valence-corrected chi connectivity index (χ4v) is 3.89. The second-order valence-corrected chi connectivity index (χ2v) is 8.09. The number of hydrogen-bond donors (Lipinski definition) is 2. The van der Waals surface area contributed by atoms with Crippen LogP contribution in [0.1, 0.15) is 25.8 Å². The molecular formula is C22H29N5O5. The molecule has 0 saturated carbocycles. The molecule has 1 aromatic heterocycles. The maximum absolute atomic E-state index is 13.4. The van der Waals surface area contributed by atoms with Crippen molar-refractivity contribution in [1.82, 2.24) is 14.5 Å². The highest BCUT2D eigenvalue weighted by Gasteiger charge is 2.39. The number of ether oxygens (including phenoxy) is 1. The Balaban J connectivity index is 2.01. The smallest absolute Gasteiger partial charge is 0.330 e. The summed E-state index contributed by atoms with van der Waals surface area (Å²) in [7, 11) is 1.48. The van der Waals surface area contributed by atoms with E-state index in [4.69, 9.17) is 10.5 Å². The number of amides is 2. The average molecular weight is 444 g/mol. The van der Waals surface area contributed by atoms with Crippen LogP contribution in [0.4, 0.5) is 11.5 Å². The third-order valence-corrected chi connectivity index (χ3v) is 5.58. The zero-order valence-corrected chi connectivity index (χ0v) is 18.5. The molecule has 2 amide bonds. The minimum atomic E-state index is -0.758. The highest BCUT2D eigenvalue weighted by molar-refractivity contribution is 6.00. The number of nitrogen functional groups attached to an aromatic ring is 1. The monoisotopic (exact) mass is 443 g/mol. The summed E-state index contributed by atoms with van der Waals surface area (Å²) in [5.74, 6) is -1.24. The maximum Gasteiger partial charge on any atom is 0.330 e. The average Bonchev–Trinajstić information content (AvgIpc) is 3.15. The Morgan fingerprint density at radius 3 is 2.53 bits per heavy atom. The summed E-state index contributed by atoms with van der Waals surface area (Å²) in [5, 5.41) is 0. The Bertz CT molecular complexity index is 1090. The molecule has 0 spiro atoms. The lowest BCUT2D eigenvalue weighted by Gasteiger charge is -2.27. The summed E-state index contributed by atoms with van der Waals surface area (Å²) in [4.78, 5) is 56.1. The quantitative estimate of drug-likeness (QED) is 0.607. The van der Waals surface area contributed by atoms with Gasteiger partial charge >= 0.3 is 5.69 Å². The minimum absolute atomic E-state index is 0.0334. The van der Waals surface area contributed by atoms with Crippen molar-refractivity contribution in [3.8, 4) is 0 Å². The van der Waals surface area contributed by atoms with Gasteiger partial charge in [-0.1, -0.05) is 30.3 Å². The van der Waals surface area contributed by atoms with Gasteiger partial charge in [0.25, 0.3) is 5.56 Å². The molecule has 1 atom stereocenters. The number of H-pyrrole nitrogens is 1. The van der Waals surface area contributed by atoms with Gasteiger partial charge in [-0.05, 0) is 19.4 Å².